The number of ether oxygens (including phenoxy) is 1. The van der Waals surface area contributed by atoms with Crippen LogP contribution in [-0.4, -0.2) is 56.2 Å². The Bertz CT molecular complexity index is 431. The van der Waals surface area contributed by atoms with E-state index in [-0.39, 0.29) is 0 Å². The van der Waals surface area contributed by atoms with Gasteiger partial charge in [-0.05, 0) is 56.6 Å². The van der Waals surface area contributed by atoms with Crippen LogP contribution in [0.4, 0.5) is 0 Å². The first-order valence-electron chi connectivity index (χ1n) is 8.01. The number of hydrogen-bond donors (Lipinski definition) is 0. The second kappa shape index (κ2) is 8.62. The number of nitrogens with zero attached hydrogens (tertiary/aromatic N) is 2. The summed E-state index contributed by atoms with van der Waals surface area (Å²) < 4.78 is 5.82. The van der Waals surface area contributed by atoms with Crippen molar-refractivity contribution in [3.63, 3.8) is 0 Å². The number of likely N-dealkylation sites (N-methyl/N-ethyl adjacent to an activating group) is 1. The minimum atomic E-state index is 0.771. The van der Waals surface area contributed by atoms with Crippen LogP contribution in [0.2, 0.25) is 5.02 Å². The van der Waals surface area contributed by atoms with Crippen molar-refractivity contribution in [1.82, 2.24) is 9.80 Å². The zero-order valence-electron chi connectivity index (χ0n) is 13.3. The summed E-state index contributed by atoms with van der Waals surface area (Å²) in [5.41, 5.74) is 1.24. The van der Waals surface area contributed by atoms with Crippen LogP contribution in [0.15, 0.2) is 18.2 Å². The number of rotatable bonds is 7. The maximum Gasteiger partial charge on any atom is 0.122 e. The minimum Gasteiger partial charge on any atom is -0.493 e. The zero-order valence-corrected chi connectivity index (χ0v) is 14.0. The number of benzene rings is 1. The molecule has 1 fully saturated rings. The number of piperazine rings is 1. The Hall–Kier alpha value is -0.770. The van der Waals surface area contributed by atoms with E-state index in [2.05, 4.69) is 29.8 Å². The second-order valence-electron chi connectivity index (χ2n) is 5.85. The smallest absolute Gasteiger partial charge is 0.122 e. The Kier molecular flexibility index (Phi) is 6.81. The number of hydrogen-bond acceptors (Lipinski definition) is 3. The van der Waals surface area contributed by atoms with Gasteiger partial charge in [-0.1, -0.05) is 18.5 Å². The van der Waals surface area contributed by atoms with Gasteiger partial charge in [0, 0.05) is 31.2 Å². The van der Waals surface area contributed by atoms with Gasteiger partial charge in [0.05, 0.1) is 6.61 Å². The van der Waals surface area contributed by atoms with E-state index in [0.29, 0.717) is 0 Å². The zero-order chi connectivity index (χ0) is 15.1. The predicted molar refractivity (Wildman–Crippen MR) is 89.5 cm³/mol. The molecule has 21 heavy (non-hydrogen) atoms. The van der Waals surface area contributed by atoms with Crippen molar-refractivity contribution in [1.29, 1.82) is 0 Å². The van der Waals surface area contributed by atoms with Gasteiger partial charge >= 0.3 is 0 Å². The van der Waals surface area contributed by atoms with Crippen LogP contribution < -0.4 is 4.74 Å². The molecule has 1 heterocycles. The monoisotopic (exact) mass is 310 g/mol. The predicted octanol–water partition coefficient (Wildman–Crippen LogP) is 3.31. The molecule has 0 amide bonds. The van der Waals surface area contributed by atoms with Crippen LogP contribution in [-0.2, 0) is 6.42 Å². The summed E-state index contributed by atoms with van der Waals surface area (Å²) in [7, 11) is 2.20. The maximum atomic E-state index is 6.12. The van der Waals surface area contributed by atoms with Crippen LogP contribution in [0.1, 0.15) is 25.3 Å². The van der Waals surface area contributed by atoms with Crippen molar-refractivity contribution in [3.05, 3.63) is 28.8 Å². The molecule has 1 aromatic rings. The van der Waals surface area contributed by atoms with Crippen LogP contribution in [0.5, 0.6) is 5.75 Å². The highest BCUT2D eigenvalue weighted by Gasteiger charge is 2.13. The third-order valence-corrected chi connectivity index (χ3v) is 4.24. The number of halogens is 1. The lowest BCUT2D eigenvalue weighted by Gasteiger charge is -2.32. The van der Waals surface area contributed by atoms with Crippen molar-refractivity contribution >= 4 is 11.6 Å². The second-order valence-corrected chi connectivity index (χ2v) is 6.29. The fourth-order valence-corrected chi connectivity index (χ4v) is 2.86. The molecule has 4 heteroatoms. The topological polar surface area (TPSA) is 15.7 Å². The molecule has 0 spiro atoms. The van der Waals surface area contributed by atoms with E-state index in [1.807, 2.05) is 12.1 Å². The van der Waals surface area contributed by atoms with E-state index in [0.717, 1.165) is 43.2 Å². The third kappa shape index (κ3) is 5.50. The summed E-state index contributed by atoms with van der Waals surface area (Å²) in [4.78, 5) is 4.95. The lowest BCUT2D eigenvalue weighted by atomic mass is 10.1. The molecule has 0 N–H and O–H groups in total. The summed E-state index contributed by atoms with van der Waals surface area (Å²) in [6, 6.07) is 5.97. The minimum absolute atomic E-state index is 0.771. The standard InChI is InChI=1S/C17H27ClN2O/c1-3-13-21-17-7-6-16(18)14-15(17)5-4-8-20-11-9-19(2)10-12-20/h6-7,14H,3-5,8-13H2,1-2H3. The summed E-state index contributed by atoms with van der Waals surface area (Å²) >= 11 is 6.12. The molecule has 2 rings (SSSR count). The molecular formula is C17H27ClN2O. The van der Waals surface area contributed by atoms with Gasteiger partial charge in [0.25, 0.3) is 0 Å². The van der Waals surface area contributed by atoms with Crippen molar-refractivity contribution in [2.24, 2.45) is 0 Å². The molecule has 0 atom stereocenters. The normalized spacial score (nSPS) is 17.1. The molecule has 1 aliphatic rings. The van der Waals surface area contributed by atoms with Gasteiger partial charge in [0.15, 0.2) is 0 Å². The average molecular weight is 311 g/mol. The van der Waals surface area contributed by atoms with Gasteiger partial charge in [-0.3, -0.25) is 0 Å². The summed E-state index contributed by atoms with van der Waals surface area (Å²) in [6.45, 7) is 8.80. The molecule has 0 bridgehead atoms. The summed E-state index contributed by atoms with van der Waals surface area (Å²) in [6.07, 6.45) is 3.22. The van der Waals surface area contributed by atoms with Crippen molar-refractivity contribution in [2.75, 3.05) is 46.4 Å². The SMILES string of the molecule is CCCOc1ccc(Cl)cc1CCCN1CCN(C)CC1. The van der Waals surface area contributed by atoms with E-state index in [4.69, 9.17) is 16.3 Å². The molecular weight excluding hydrogens is 284 g/mol. The van der Waals surface area contributed by atoms with E-state index in [9.17, 15) is 0 Å². The Morgan fingerprint density at radius 3 is 2.67 bits per heavy atom. The van der Waals surface area contributed by atoms with Gasteiger partial charge in [-0.2, -0.15) is 0 Å². The highest BCUT2D eigenvalue weighted by atomic mass is 35.5. The van der Waals surface area contributed by atoms with Crippen LogP contribution in [0.3, 0.4) is 0 Å². The molecule has 0 aliphatic carbocycles. The molecule has 1 aromatic carbocycles. The fraction of sp³-hybridized carbons (Fsp3) is 0.647. The van der Waals surface area contributed by atoms with Crippen molar-refractivity contribution in [2.45, 2.75) is 26.2 Å². The van der Waals surface area contributed by atoms with Gasteiger partial charge in [-0.25, -0.2) is 0 Å². The van der Waals surface area contributed by atoms with Crippen molar-refractivity contribution in [3.8, 4) is 5.75 Å². The van der Waals surface area contributed by atoms with Gasteiger partial charge in [0.1, 0.15) is 5.75 Å². The maximum absolute atomic E-state index is 6.12. The van der Waals surface area contributed by atoms with E-state index >= 15 is 0 Å². The van der Waals surface area contributed by atoms with Crippen LogP contribution in [0.25, 0.3) is 0 Å². The Morgan fingerprint density at radius 1 is 1.19 bits per heavy atom. The fourth-order valence-electron chi connectivity index (χ4n) is 2.66. The highest BCUT2D eigenvalue weighted by molar-refractivity contribution is 6.30. The third-order valence-electron chi connectivity index (χ3n) is 4.00. The molecule has 3 nitrogen and oxygen atoms in total. The first-order valence-corrected chi connectivity index (χ1v) is 8.39. The molecule has 1 saturated heterocycles. The van der Waals surface area contributed by atoms with Gasteiger partial charge in [0.2, 0.25) is 0 Å². The Labute approximate surface area is 133 Å². The molecule has 0 saturated carbocycles. The lowest BCUT2D eigenvalue weighted by molar-refractivity contribution is 0.153. The largest absolute Gasteiger partial charge is 0.493 e. The molecule has 118 valence electrons. The Balaban J connectivity index is 1.82. The van der Waals surface area contributed by atoms with E-state index in [1.165, 1.54) is 31.7 Å². The van der Waals surface area contributed by atoms with Gasteiger partial charge < -0.3 is 14.5 Å². The van der Waals surface area contributed by atoms with E-state index < -0.39 is 0 Å². The molecule has 1 aliphatic heterocycles. The summed E-state index contributed by atoms with van der Waals surface area (Å²) in [5, 5.41) is 0.799. The lowest BCUT2D eigenvalue weighted by Crippen LogP contribution is -2.44. The highest BCUT2D eigenvalue weighted by Crippen LogP contribution is 2.24. The summed E-state index contributed by atoms with van der Waals surface area (Å²) in [5.74, 6) is 1.000. The molecule has 0 unspecified atom stereocenters. The van der Waals surface area contributed by atoms with Gasteiger partial charge in [-0.15, -0.1) is 0 Å². The first kappa shape index (κ1) is 16.6. The quantitative estimate of drug-likeness (QED) is 0.768. The molecule has 0 radical (unpaired) electrons. The van der Waals surface area contributed by atoms with Crippen molar-refractivity contribution < 1.29 is 4.74 Å². The number of aryl methyl sites for hydroxylation is 1. The van der Waals surface area contributed by atoms with E-state index in [1.54, 1.807) is 0 Å². The van der Waals surface area contributed by atoms with Crippen LogP contribution >= 0.6 is 11.6 Å². The molecule has 0 aromatic heterocycles. The first-order chi connectivity index (χ1) is 10.2. The average Bonchev–Trinajstić information content (AvgIpc) is 2.48. The Morgan fingerprint density at radius 2 is 1.95 bits per heavy atom. The van der Waals surface area contributed by atoms with Crippen LogP contribution in [0, 0.1) is 0 Å².